The molecule has 0 amide bonds. The van der Waals surface area contributed by atoms with Crippen molar-refractivity contribution >= 4 is 22.4 Å². The van der Waals surface area contributed by atoms with Crippen LogP contribution in [0.25, 0.3) is 0 Å². The van der Waals surface area contributed by atoms with E-state index in [1.54, 1.807) is 6.08 Å². The van der Waals surface area contributed by atoms with E-state index in [-0.39, 0.29) is 19.1 Å². The molecule has 0 aliphatic carbocycles. The van der Waals surface area contributed by atoms with Gasteiger partial charge in [-0.1, -0.05) is 79.2 Å². The quantitative estimate of drug-likeness (QED) is 0.227. The number of aliphatic hydroxyl groups is 1. The SMILES string of the molecule is C.CCCC(/C(C)=C(O)/C=C(/CCc1ccccc1)OC=O)c1ccc(Br)cc1. The first-order chi connectivity index (χ1) is 13.5. The predicted molar refractivity (Wildman–Crippen MR) is 124 cm³/mol. The summed E-state index contributed by atoms with van der Waals surface area (Å²) >= 11 is 3.47. The minimum Gasteiger partial charge on any atom is -0.508 e. The van der Waals surface area contributed by atoms with Gasteiger partial charge in [0.2, 0.25) is 0 Å². The largest absolute Gasteiger partial charge is 0.508 e. The highest BCUT2D eigenvalue weighted by molar-refractivity contribution is 9.10. The molecule has 2 rings (SSSR count). The maximum atomic E-state index is 10.9. The van der Waals surface area contributed by atoms with Crippen LogP contribution in [0.2, 0.25) is 0 Å². The van der Waals surface area contributed by atoms with E-state index >= 15 is 0 Å². The van der Waals surface area contributed by atoms with E-state index in [2.05, 4.69) is 35.0 Å². The number of allylic oxidation sites excluding steroid dienone is 3. The molecular formula is C25H31BrO3. The molecule has 0 aliphatic rings. The molecule has 156 valence electrons. The molecule has 29 heavy (non-hydrogen) atoms. The van der Waals surface area contributed by atoms with Crippen molar-refractivity contribution in [3.05, 3.63) is 93.4 Å². The molecule has 0 spiro atoms. The van der Waals surface area contributed by atoms with Crippen LogP contribution >= 0.6 is 15.9 Å². The van der Waals surface area contributed by atoms with Gasteiger partial charge in [-0.3, -0.25) is 4.79 Å². The number of carbonyl (C=O) groups excluding carboxylic acids is 1. The van der Waals surface area contributed by atoms with Crippen molar-refractivity contribution in [3.8, 4) is 0 Å². The fourth-order valence-corrected chi connectivity index (χ4v) is 3.47. The Morgan fingerprint density at radius 1 is 1.14 bits per heavy atom. The Morgan fingerprint density at radius 2 is 1.79 bits per heavy atom. The molecule has 3 nitrogen and oxygen atoms in total. The number of hydrogen-bond acceptors (Lipinski definition) is 3. The van der Waals surface area contributed by atoms with Crippen LogP contribution in [0, 0.1) is 0 Å². The van der Waals surface area contributed by atoms with Gasteiger partial charge in [-0.25, -0.2) is 0 Å². The molecule has 0 aromatic heterocycles. The second-order valence-electron chi connectivity index (χ2n) is 6.77. The lowest BCUT2D eigenvalue weighted by molar-refractivity contribution is -0.125. The number of hydrogen-bond donors (Lipinski definition) is 1. The highest BCUT2D eigenvalue weighted by atomic mass is 79.9. The Labute approximate surface area is 183 Å². The van der Waals surface area contributed by atoms with Crippen molar-refractivity contribution in [2.24, 2.45) is 0 Å². The van der Waals surface area contributed by atoms with E-state index in [4.69, 9.17) is 4.74 Å². The smallest absolute Gasteiger partial charge is 0.298 e. The molecule has 0 bridgehead atoms. The fourth-order valence-electron chi connectivity index (χ4n) is 3.20. The molecule has 0 heterocycles. The summed E-state index contributed by atoms with van der Waals surface area (Å²) in [5.41, 5.74) is 3.18. The van der Waals surface area contributed by atoms with Crippen molar-refractivity contribution < 1.29 is 14.6 Å². The van der Waals surface area contributed by atoms with Crippen molar-refractivity contribution in [2.75, 3.05) is 0 Å². The minimum absolute atomic E-state index is 0. The third kappa shape index (κ3) is 7.90. The summed E-state index contributed by atoms with van der Waals surface area (Å²) in [4.78, 5) is 10.9. The summed E-state index contributed by atoms with van der Waals surface area (Å²) in [5, 5.41) is 10.7. The molecule has 0 saturated carbocycles. The summed E-state index contributed by atoms with van der Waals surface area (Å²) in [6.07, 6.45) is 4.78. The monoisotopic (exact) mass is 458 g/mol. The lowest BCUT2D eigenvalue weighted by Crippen LogP contribution is -2.04. The average molecular weight is 459 g/mol. The number of rotatable bonds is 10. The van der Waals surface area contributed by atoms with E-state index in [9.17, 15) is 9.90 Å². The summed E-state index contributed by atoms with van der Waals surface area (Å²) in [6, 6.07) is 18.2. The van der Waals surface area contributed by atoms with Crippen LogP contribution in [0.15, 0.2) is 82.2 Å². The van der Waals surface area contributed by atoms with Gasteiger partial charge >= 0.3 is 0 Å². The summed E-state index contributed by atoms with van der Waals surface area (Å²) in [5.74, 6) is 0.731. The van der Waals surface area contributed by atoms with Crippen molar-refractivity contribution in [1.82, 2.24) is 0 Å². The molecule has 0 saturated heterocycles. The first-order valence-corrected chi connectivity index (χ1v) is 10.3. The zero-order chi connectivity index (χ0) is 20.4. The third-order valence-electron chi connectivity index (χ3n) is 4.78. The van der Waals surface area contributed by atoms with Crippen LogP contribution in [-0.4, -0.2) is 11.6 Å². The number of carbonyl (C=O) groups is 1. The zero-order valence-electron chi connectivity index (χ0n) is 16.4. The highest BCUT2D eigenvalue weighted by Gasteiger charge is 2.16. The Kier molecular flexibility index (Phi) is 11.1. The number of benzene rings is 2. The number of halogens is 1. The molecule has 0 aliphatic heterocycles. The van der Waals surface area contributed by atoms with Crippen molar-refractivity contribution in [3.63, 3.8) is 0 Å². The summed E-state index contributed by atoms with van der Waals surface area (Å²) in [7, 11) is 0. The van der Waals surface area contributed by atoms with E-state index < -0.39 is 0 Å². The van der Waals surface area contributed by atoms with E-state index in [1.807, 2.05) is 49.4 Å². The first-order valence-electron chi connectivity index (χ1n) is 9.55. The van der Waals surface area contributed by atoms with Gasteiger partial charge < -0.3 is 9.84 Å². The zero-order valence-corrected chi connectivity index (χ0v) is 18.0. The highest BCUT2D eigenvalue weighted by Crippen LogP contribution is 2.32. The Bertz CT molecular complexity index is 808. The van der Waals surface area contributed by atoms with Crippen molar-refractivity contribution in [1.29, 1.82) is 0 Å². The van der Waals surface area contributed by atoms with Crippen LogP contribution in [0.4, 0.5) is 0 Å². The van der Waals surface area contributed by atoms with Crippen LogP contribution in [0.3, 0.4) is 0 Å². The molecular weight excluding hydrogens is 428 g/mol. The van der Waals surface area contributed by atoms with Gasteiger partial charge in [-0.15, -0.1) is 0 Å². The van der Waals surface area contributed by atoms with Gasteiger partial charge in [0.15, 0.2) is 0 Å². The van der Waals surface area contributed by atoms with Gasteiger partial charge in [0, 0.05) is 22.9 Å². The maximum Gasteiger partial charge on any atom is 0.298 e. The lowest BCUT2D eigenvalue weighted by atomic mass is 9.87. The third-order valence-corrected chi connectivity index (χ3v) is 5.31. The lowest BCUT2D eigenvalue weighted by Gasteiger charge is -2.19. The number of aliphatic hydroxyl groups excluding tert-OH is 1. The fraction of sp³-hybridized carbons (Fsp3) is 0.320. The molecule has 1 N–H and O–H groups in total. The normalized spacial score (nSPS) is 13.1. The van der Waals surface area contributed by atoms with Crippen molar-refractivity contribution in [2.45, 2.75) is 52.9 Å². The van der Waals surface area contributed by atoms with Gasteiger partial charge in [-0.2, -0.15) is 0 Å². The predicted octanol–water partition coefficient (Wildman–Crippen LogP) is 7.49. The van der Waals surface area contributed by atoms with E-state index in [0.717, 1.165) is 40.4 Å². The molecule has 0 fully saturated rings. The Hall–Kier alpha value is -2.33. The molecule has 2 aromatic carbocycles. The topological polar surface area (TPSA) is 46.5 Å². The van der Waals surface area contributed by atoms with Gasteiger partial charge in [0.1, 0.15) is 11.5 Å². The van der Waals surface area contributed by atoms with Crippen LogP contribution in [0.5, 0.6) is 0 Å². The minimum atomic E-state index is 0. The Balaban J connectivity index is 0.00000420. The van der Waals surface area contributed by atoms with Gasteiger partial charge in [0.05, 0.1) is 0 Å². The number of ether oxygens (including phenoxy) is 1. The van der Waals surface area contributed by atoms with E-state index in [1.165, 1.54) is 0 Å². The van der Waals surface area contributed by atoms with Crippen LogP contribution < -0.4 is 0 Å². The maximum absolute atomic E-state index is 10.9. The van der Waals surface area contributed by atoms with Gasteiger partial charge in [-0.05, 0) is 48.6 Å². The standard InChI is InChI=1S/C24H27BrO3.CH4/c1-3-7-23(20-11-13-21(25)14-12-20)18(2)24(27)16-22(28-17-26)15-10-19-8-5-4-6-9-19;/h4-6,8-9,11-14,16-17,23,27H,3,7,10,15H2,1-2H3;1H4/b22-16-,24-18-;. The molecule has 1 unspecified atom stereocenters. The second-order valence-corrected chi connectivity index (χ2v) is 7.69. The number of aryl methyl sites for hydroxylation is 1. The summed E-state index contributed by atoms with van der Waals surface area (Å²) < 4.78 is 6.15. The second kappa shape index (κ2) is 13.0. The van der Waals surface area contributed by atoms with Gasteiger partial charge in [0.25, 0.3) is 6.47 Å². The molecule has 0 radical (unpaired) electrons. The summed E-state index contributed by atoms with van der Waals surface area (Å²) in [6.45, 7) is 4.48. The Morgan fingerprint density at radius 3 is 2.38 bits per heavy atom. The molecule has 4 heteroatoms. The average Bonchev–Trinajstić information content (AvgIpc) is 2.71. The molecule has 1 atom stereocenters. The molecule has 2 aromatic rings. The van der Waals surface area contributed by atoms with Crippen LogP contribution in [0.1, 0.15) is 57.6 Å². The van der Waals surface area contributed by atoms with E-state index in [0.29, 0.717) is 18.7 Å². The van der Waals surface area contributed by atoms with Crippen LogP contribution in [-0.2, 0) is 16.0 Å². The first kappa shape index (κ1) is 24.7.